The first-order valence-corrected chi connectivity index (χ1v) is 8.58. The molecule has 1 fully saturated rings. The van der Waals surface area contributed by atoms with E-state index in [2.05, 4.69) is 0 Å². The van der Waals surface area contributed by atoms with Crippen LogP contribution in [0.3, 0.4) is 0 Å². The highest BCUT2D eigenvalue weighted by molar-refractivity contribution is 7.99. The van der Waals surface area contributed by atoms with Gasteiger partial charge < -0.3 is 10.6 Å². The summed E-state index contributed by atoms with van der Waals surface area (Å²) >= 11 is 1.84. The van der Waals surface area contributed by atoms with Crippen LogP contribution < -0.4 is 10.6 Å². The maximum atomic E-state index is 12.8. The largest absolute Gasteiger partial charge is 0.369 e. The van der Waals surface area contributed by atoms with E-state index in [0.29, 0.717) is 13.0 Å². The molecular weight excluding hydrogens is 284 g/mol. The van der Waals surface area contributed by atoms with Gasteiger partial charge in [0.1, 0.15) is 0 Å². The SMILES string of the molecule is NC(=O)C1Cc2ccccc2N(C(=O)C2CCCSC2)C1. The molecule has 0 radical (unpaired) electrons. The number of hydrogen-bond acceptors (Lipinski definition) is 3. The zero-order valence-corrected chi connectivity index (χ0v) is 12.8. The molecule has 2 amide bonds. The van der Waals surface area contributed by atoms with Crippen molar-refractivity contribution in [2.45, 2.75) is 19.3 Å². The summed E-state index contributed by atoms with van der Waals surface area (Å²) in [6.45, 7) is 0.423. The minimum absolute atomic E-state index is 0.0726. The molecule has 0 saturated carbocycles. The summed E-state index contributed by atoms with van der Waals surface area (Å²) in [5.74, 6) is 1.66. The van der Waals surface area contributed by atoms with Crippen LogP contribution >= 0.6 is 11.8 Å². The Morgan fingerprint density at radius 1 is 1.24 bits per heavy atom. The predicted octanol–water partition coefficient (Wildman–Crippen LogP) is 1.82. The molecule has 0 aromatic heterocycles. The topological polar surface area (TPSA) is 63.4 Å². The van der Waals surface area contributed by atoms with E-state index < -0.39 is 0 Å². The number of fused-ring (bicyclic) bond motifs is 1. The van der Waals surface area contributed by atoms with Gasteiger partial charge in [-0.05, 0) is 36.6 Å². The van der Waals surface area contributed by atoms with Crippen LogP contribution in [0.1, 0.15) is 18.4 Å². The number of carbonyl (C=O) groups is 2. The maximum Gasteiger partial charge on any atom is 0.230 e. The van der Waals surface area contributed by atoms with E-state index in [9.17, 15) is 9.59 Å². The van der Waals surface area contributed by atoms with Crippen molar-refractivity contribution in [2.75, 3.05) is 23.0 Å². The number of thioether (sulfide) groups is 1. The number of rotatable bonds is 2. The van der Waals surface area contributed by atoms with Gasteiger partial charge in [0.05, 0.1) is 5.92 Å². The van der Waals surface area contributed by atoms with Gasteiger partial charge in [0.2, 0.25) is 11.8 Å². The molecule has 1 saturated heterocycles. The highest BCUT2D eigenvalue weighted by Gasteiger charge is 2.34. The molecule has 2 aliphatic heterocycles. The number of primary amides is 1. The molecule has 2 heterocycles. The summed E-state index contributed by atoms with van der Waals surface area (Å²) in [4.78, 5) is 26.2. The third kappa shape index (κ3) is 2.93. The molecule has 21 heavy (non-hydrogen) atoms. The van der Waals surface area contributed by atoms with Crippen LogP contribution in [0.5, 0.6) is 0 Å². The van der Waals surface area contributed by atoms with Gasteiger partial charge in [-0.25, -0.2) is 0 Å². The zero-order chi connectivity index (χ0) is 14.8. The van der Waals surface area contributed by atoms with Gasteiger partial charge in [0.25, 0.3) is 0 Å². The number of anilines is 1. The summed E-state index contributed by atoms with van der Waals surface area (Å²) in [6, 6.07) is 7.85. The Bertz CT molecular complexity index is 555. The van der Waals surface area contributed by atoms with Crippen molar-refractivity contribution in [3.8, 4) is 0 Å². The molecule has 2 atom stereocenters. The van der Waals surface area contributed by atoms with Crippen LogP contribution in [-0.2, 0) is 16.0 Å². The Balaban J connectivity index is 1.88. The first-order valence-electron chi connectivity index (χ1n) is 7.43. The Morgan fingerprint density at radius 3 is 2.76 bits per heavy atom. The van der Waals surface area contributed by atoms with Crippen molar-refractivity contribution in [1.29, 1.82) is 0 Å². The molecule has 0 aliphatic carbocycles. The molecular formula is C16H20N2O2S. The van der Waals surface area contributed by atoms with Gasteiger partial charge in [0.15, 0.2) is 0 Å². The van der Waals surface area contributed by atoms with E-state index in [4.69, 9.17) is 5.73 Å². The van der Waals surface area contributed by atoms with Crippen molar-refractivity contribution in [1.82, 2.24) is 0 Å². The standard InChI is InChI=1S/C16H20N2O2S/c17-15(19)13-8-11-4-1-2-6-14(11)18(9-13)16(20)12-5-3-7-21-10-12/h1-2,4,6,12-13H,3,5,7-10H2,(H2,17,19). The molecule has 1 aromatic carbocycles. The highest BCUT2D eigenvalue weighted by atomic mass is 32.2. The second-order valence-corrected chi connectivity index (χ2v) is 6.94. The molecule has 5 heteroatoms. The lowest BCUT2D eigenvalue weighted by Crippen LogP contribution is -2.47. The van der Waals surface area contributed by atoms with E-state index in [1.54, 1.807) is 4.90 Å². The zero-order valence-electron chi connectivity index (χ0n) is 12.0. The van der Waals surface area contributed by atoms with E-state index in [1.807, 2.05) is 36.0 Å². The Labute approximate surface area is 129 Å². The summed E-state index contributed by atoms with van der Waals surface area (Å²) < 4.78 is 0. The van der Waals surface area contributed by atoms with Crippen molar-refractivity contribution in [2.24, 2.45) is 17.6 Å². The fourth-order valence-corrected chi connectivity index (χ4v) is 4.28. The monoisotopic (exact) mass is 304 g/mol. The second kappa shape index (κ2) is 6.10. The average Bonchev–Trinajstić information content (AvgIpc) is 2.54. The van der Waals surface area contributed by atoms with E-state index in [1.165, 1.54) is 0 Å². The Kier molecular flexibility index (Phi) is 4.19. The molecule has 2 unspecified atom stereocenters. The smallest absolute Gasteiger partial charge is 0.230 e. The number of amides is 2. The number of benzene rings is 1. The van der Waals surface area contributed by atoms with Gasteiger partial charge in [-0.2, -0.15) is 11.8 Å². The van der Waals surface area contributed by atoms with E-state index >= 15 is 0 Å². The maximum absolute atomic E-state index is 12.8. The molecule has 2 aliphatic rings. The van der Waals surface area contributed by atoms with Gasteiger partial charge in [-0.3, -0.25) is 9.59 Å². The Morgan fingerprint density at radius 2 is 2.05 bits per heavy atom. The van der Waals surface area contributed by atoms with Crippen LogP contribution in [0.2, 0.25) is 0 Å². The molecule has 112 valence electrons. The molecule has 4 nitrogen and oxygen atoms in total. The molecule has 3 rings (SSSR count). The number of nitrogens with zero attached hydrogens (tertiary/aromatic N) is 1. The summed E-state index contributed by atoms with van der Waals surface area (Å²) in [7, 11) is 0. The molecule has 0 spiro atoms. The van der Waals surface area contributed by atoms with Crippen LogP contribution in [0.15, 0.2) is 24.3 Å². The Hall–Kier alpha value is -1.49. The van der Waals surface area contributed by atoms with Crippen LogP contribution in [-0.4, -0.2) is 29.9 Å². The lowest BCUT2D eigenvalue weighted by molar-refractivity contribution is -0.123. The van der Waals surface area contributed by atoms with Crippen LogP contribution in [0, 0.1) is 11.8 Å². The molecule has 0 bridgehead atoms. The minimum atomic E-state index is -0.319. The van der Waals surface area contributed by atoms with Crippen molar-refractivity contribution >= 4 is 29.3 Å². The van der Waals surface area contributed by atoms with E-state index in [0.717, 1.165) is 35.6 Å². The lowest BCUT2D eigenvalue weighted by atomic mass is 9.90. The molecule has 1 aromatic rings. The van der Waals surface area contributed by atoms with Gasteiger partial charge >= 0.3 is 0 Å². The normalized spacial score (nSPS) is 25.2. The van der Waals surface area contributed by atoms with Gasteiger partial charge in [0, 0.05) is 23.9 Å². The fourth-order valence-electron chi connectivity index (χ4n) is 3.15. The van der Waals surface area contributed by atoms with Crippen molar-refractivity contribution < 1.29 is 9.59 Å². The number of hydrogen-bond donors (Lipinski definition) is 1. The van der Waals surface area contributed by atoms with Gasteiger partial charge in [-0.15, -0.1) is 0 Å². The van der Waals surface area contributed by atoms with Crippen LogP contribution in [0.4, 0.5) is 5.69 Å². The van der Waals surface area contributed by atoms with Crippen LogP contribution in [0.25, 0.3) is 0 Å². The third-order valence-corrected chi connectivity index (χ3v) is 5.55. The lowest BCUT2D eigenvalue weighted by Gasteiger charge is -2.36. The van der Waals surface area contributed by atoms with E-state index in [-0.39, 0.29) is 23.7 Å². The van der Waals surface area contributed by atoms with Gasteiger partial charge in [-0.1, -0.05) is 18.2 Å². The number of para-hydroxylation sites is 1. The third-order valence-electron chi connectivity index (χ3n) is 4.33. The first-order chi connectivity index (χ1) is 10.2. The van der Waals surface area contributed by atoms with Crippen molar-refractivity contribution in [3.05, 3.63) is 29.8 Å². The quantitative estimate of drug-likeness (QED) is 0.906. The minimum Gasteiger partial charge on any atom is -0.369 e. The summed E-state index contributed by atoms with van der Waals surface area (Å²) in [6.07, 6.45) is 2.68. The molecule has 2 N–H and O–H groups in total. The number of nitrogens with two attached hydrogens (primary N) is 1. The fraction of sp³-hybridized carbons (Fsp3) is 0.500. The predicted molar refractivity (Wildman–Crippen MR) is 85.2 cm³/mol. The first kappa shape index (κ1) is 14.4. The highest BCUT2D eigenvalue weighted by Crippen LogP contribution is 2.33. The van der Waals surface area contributed by atoms with Crippen molar-refractivity contribution in [3.63, 3.8) is 0 Å². The summed E-state index contributed by atoms with van der Waals surface area (Å²) in [5.41, 5.74) is 7.48. The number of carbonyl (C=O) groups excluding carboxylic acids is 2. The summed E-state index contributed by atoms with van der Waals surface area (Å²) in [5, 5.41) is 0. The average molecular weight is 304 g/mol. The second-order valence-electron chi connectivity index (χ2n) is 5.80.